The van der Waals surface area contributed by atoms with Crippen LogP contribution >= 0.6 is 0 Å². The predicted octanol–water partition coefficient (Wildman–Crippen LogP) is 6.67. The Balaban J connectivity index is 2.25. The van der Waals surface area contributed by atoms with Crippen molar-refractivity contribution < 1.29 is 19.1 Å². The zero-order chi connectivity index (χ0) is 23.4. The van der Waals surface area contributed by atoms with Gasteiger partial charge in [0.1, 0.15) is 6.10 Å². The third-order valence-corrected chi connectivity index (χ3v) is 6.69. The van der Waals surface area contributed by atoms with Crippen molar-refractivity contribution in [2.24, 2.45) is 5.92 Å². The van der Waals surface area contributed by atoms with E-state index < -0.39 is 0 Å². The summed E-state index contributed by atoms with van der Waals surface area (Å²) in [7, 11) is 2.13. The summed E-state index contributed by atoms with van der Waals surface area (Å²) in [4.78, 5) is 25.8. The van der Waals surface area contributed by atoms with Gasteiger partial charge in [-0.3, -0.25) is 9.59 Å². The van der Waals surface area contributed by atoms with Crippen LogP contribution in [0.4, 0.5) is 0 Å². The second-order valence-electron chi connectivity index (χ2n) is 9.80. The Morgan fingerprint density at radius 1 is 0.812 bits per heavy atom. The van der Waals surface area contributed by atoms with Gasteiger partial charge in [-0.15, -0.1) is 0 Å². The Labute approximate surface area is 198 Å². The van der Waals surface area contributed by atoms with E-state index in [0.29, 0.717) is 6.61 Å². The Morgan fingerprint density at radius 3 is 1.84 bits per heavy atom. The van der Waals surface area contributed by atoms with Crippen molar-refractivity contribution in [3.05, 3.63) is 0 Å². The molecule has 0 saturated carbocycles. The molecule has 5 nitrogen and oxygen atoms in total. The highest BCUT2D eigenvalue weighted by molar-refractivity contribution is 5.72. The smallest absolute Gasteiger partial charge is 0.309 e. The summed E-state index contributed by atoms with van der Waals surface area (Å²) in [5.41, 5.74) is 0. The fraction of sp³-hybridized carbons (Fsp3) is 0.926. The second kappa shape index (κ2) is 19.4. The number of esters is 2. The average Bonchev–Trinajstić information content (AvgIpc) is 2.77. The lowest BCUT2D eigenvalue weighted by Crippen LogP contribution is -2.35. The van der Waals surface area contributed by atoms with Crippen molar-refractivity contribution in [2.75, 3.05) is 26.7 Å². The van der Waals surface area contributed by atoms with Gasteiger partial charge in [-0.25, -0.2) is 0 Å². The number of rotatable bonds is 19. The van der Waals surface area contributed by atoms with Gasteiger partial charge in [0.2, 0.25) is 0 Å². The van der Waals surface area contributed by atoms with E-state index >= 15 is 0 Å². The van der Waals surface area contributed by atoms with Crippen LogP contribution in [-0.2, 0) is 19.1 Å². The molecule has 1 unspecified atom stereocenters. The van der Waals surface area contributed by atoms with E-state index in [4.69, 9.17) is 9.47 Å². The molecule has 1 heterocycles. The van der Waals surface area contributed by atoms with Crippen molar-refractivity contribution in [3.63, 3.8) is 0 Å². The van der Waals surface area contributed by atoms with Crippen LogP contribution in [0.25, 0.3) is 0 Å². The van der Waals surface area contributed by atoms with Gasteiger partial charge in [-0.05, 0) is 65.1 Å². The molecule has 0 aromatic rings. The van der Waals surface area contributed by atoms with E-state index in [1.165, 1.54) is 71.1 Å². The average molecular weight is 454 g/mol. The standard InChI is InChI=1S/C27H51NO4/c1-4-5-6-7-8-11-14-17-26(32-27(30)25-19-21-28(3)22-20-25)18-15-12-9-10-13-16-23-31-24(2)29/h25-26H,4-23H2,1-3H3. The van der Waals surface area contributed by atoms with Crippen LogP contribution in [0.2, 0.25) is 0 Å². The number of unbranched alkanes of at least 4 members (excludes halogenated alkanes) is 11. The van der Waals surface area contributed by atoms with Crippen molar-refractivity contribution in [1.29, 1.82) is 0 Å². The number of carbonyl (C=O) groups excluding carboxylic acids is 2. The highest BCUT2D eigenvalue weighted by Crippen LogP contribution is 2.22. The summed E-state index contributed by atoms with van der Waals surface area (Å²) >= 11 is 0. The van der Waals surface area contributed by atoms with Gasteiger partial charge < -0.3 is 14.4 Å². The topological polar surface area (TPSA) is 55.8 Å². The maximum atomic E-state index is 12.7. The lowest BCUT2D eigenvalue weighted by atomic mass is 9.97. The number of likely N-dealkylation sites (tertiary alicyclic amines) is 1. The molecule has 0 bridgehead atoms. The molecule has 1 atom stereocenters. The maximum Gasteiger partial charge on any atom is 0.309 e. The minimum Gasteiger partial charge on any atom is -0.466 e. The summed E-state index contributed by atoms with van der Waals surface area (Å²) < 4.78 is 11.0. The molecular weight excluding hydrogens is 402 g/mol. The fourth-order valence-corrected chi connectivity index (χ4v) is 4.49. The first-order valence-electron chi connectivity index (χ1n) is 13.5. The Hall–Kier alpha value is -1.10. The summed E-state index contributed by atoms with van der Waals surface area (Å²) in [6, 6.07) is 0. The van der Waals surface area contributed by atoms with Crippen LogP contribution in [0, 0.1) is 5.92 Å². The van der Waals surface area contributed by atoms with E-state index in [2.05, 4.69) is 18.9 Å². The monoisotopic (exact) mass is 453 g/mol. The van der Waals surface area contributed by atoms with Gasteiger partial charge in [-0.2, -0.15) is 0 Å². The molecule has 0 N–H and O–H groups in total. The first-order chi connectivity index (χ1) is 15.5. The van der Waals surface area contributed by atoms with Gasteiger partial charge in [0.25, 0.3) is 0 Å². The van der Waals surface area contributed by atoms with Crippen LogP contribution in [-0.4, -0.2) is 49.7 Å². The highest BCUT2D eigenvalue weighted by Gasteiger charge is 2.26. The molecule has 0 aromatic carbocycles. The van der Waals surface area contributed by atoms with Gasteiger partial charge in [0.05, 0.1) is 12.5 Å². The third kappa shape index (κ3) is 15.7. The first kappa shape index (κ1) is 28.9. The molecule has 5 heteroatoms. The highest BCUT2D eigenvalue weighted by atomic mass is 16.5. The van der Waals surface area contributed by atoms with Crippen LogP contribution in [0.1, 0.15) is 123 Å². The van der Waals surface area contributed by atoms with Gasteiger partial charge in [0, 0.05) is 6.92 Å². The van der Waals surface area contributed by atoms with E-state index in [9.17, 15) is 9.59 Å². The third-order valence-electron chi connectivity index (χ3n) is 6.69. The Kier molecular flexibility index (Phi) is 17.5. The largest absolute Gasteiger partial charge is 0.466 e. The molecule has 0 aliphatic carbocycles. The molecule has 1 rings (SSSR count). The molecule has 1 fully saturated rings. The van der Waals surface area contributed by atoms with Crippen LogP contribution < -0.4 is 0 Å². The summed E-state index contributed by atoms with van der Waals surface area (Å²) in [5.74, 6) is -0.0386. The molecule has 1 aliphatic rings. The normalized spacial score (nSPS) is 16.1. The van der Waals surface area contributed by atoms with Crippen LogP contribution in [0.15, 0.2) is 0 Å². The molecule has 188 valence electrons. The molecule has 1 saturated heterocycles. The van der Waals surface area contributed by atoms with Crippen LogP contribution in [0.3, 0.4) is 0 Å². The second-order valence-corrected chi connectivity index (χ2v) is 9.80. The Bertz CT molecular complexity index is 474. The summed E-state index contributed by atoms with van der Waals surface area (Å²) in [5, 5.41) is 0. The van der Waals surface area contributed by atoms with Crippen molar-refractivity contribution in [3.8, 4) is 0 Å². The molecule has 0 spiro atoms. The summed E-state index contributed by atoms with van der Waals surface area (Å²) in [6.45, 7) is 6.26. The number of carbonyl (C=O) groups is 2. The Morgan fingerprint density at radius 2 is 1.31 bits per heavy atom. The molecule has 0 radical (unpaired) electrons. The maximum absolute atomic E-state index is 12.7. The number of piperidine rings is 1. The number of ether oxygens (including phenoxy) is 2. The van der Waals surface area contributed by atoms with Crippen molar-refractivity contribution in [1.82, 2.24) is 4.90 Å². The van der Waals surface area contributed by atoms with Gasteiger partial charge in [0.15, 0.2) is 0 Å². The van der Waals surface area contributed by atoms with Crippen LogP contribution in [0.5, 0.6) is 0 Å². The molecule has 1 aliphatic heterocycles. The predicted molar refractivity (Wildman–Crippen MR) is 132 cm³/mol. The first-order valence-corrected chi connectivity index (χ1v) is 13.5. The lowest BCUT2D eigenvalue weighted by molar-refractivity contribution is -0.156. The molecule has 32 heavy (non-hydrogen) atoms. The molecular formula is C27H51NO4. The fourth-order valence-electron chi connectivity index (χ4n) is 4.49. The number of hydrogen-bond donors (Lipinski definition) is 0. The van der Waals surface area contributed by atoms with E-state index in [-0.39, 0.29) is 24.0 Å². The van der Waals surface area contributed by atoms with E-state index in [0.717, 1.165) is 58.0 Å². The van der Waals surface area contributed by atoms with Crippen molar-refractivity contribution in [2.45, 2.75) is 129 Å². The van der Waals surface area contributed by atoms with E-state index in [1.54, 1.807) is 0 Å². The zero-order valence-electron chi connectivity index (χ0n) is 21.4. The number of nitrogens with zero attached hydrogens (tertiary/aromatic N) is 1. The zero-order valence-corrected chi connectivity index (χ0v) is 21.4. The minimum absolute atomic E-state index is 0.0523. The van der Waals surface area contributed by atoms with E-state index in [1.807, 2.05) is 0 Å². The SMILES string of the molecule is CCCCCCCCCC(CCCCCCCCOC(C)=O)OC(=O)C1CCN(C)CC1. The van der Waals surface area contributed by atoms with Gasteiger partial charge in [-0.1, -0.05) is 71.1 Å². The lowest BCUT2D eigenvalue weighted by Gasteiger charge is -2.29. The number of hydrogen-bond acceptors (Lipinski definition) is 5. The van der Waals surface area contributed by atoms with Crippen molar-refractivity contribution >= 4 is 11.9 Å². The summed E-state index contributed by atoms with van der Waals surface area (Å²) in [6.07, 6.45) is 19.8. The molecule has 0 aromatic heterocycles. The molecule has 0 amide bonds. The quantitative estimate of drug-likeness (QED) is 0.161. The van der Waals surface area contributed by atoms with Gasteiger partial charge >= 0.3 is 11.9 Å². The minimum atomic E-state index is -0.188.